The predicted molar refractivity (Wildman–Crippen MR) is 200 cm³/mol. The van der Waals surface area contributed by atoms with Crippen LogP contribution in [0, 0.1) is 11.3 Å². The molecule has 0 bridgehead atoms. The lowest BCUT2D eigenvalue weighted by Gasteiger charge is -2.11. The van der Waals surface area contributed by atoms with Crippen molar-refractivity contribution in [1.29, 1.82) is 5.26 Å². The SMILES string of the molecule is CC(C)Oc1ccc(-c2nc(-c3cccc4c3OCCNC4)no2)cc1Cl.COc1ccc(-c2nc(-c3ccc4c(c3)CCNCC4)no2)cc1C#N. The van der Waals surface area contributed by atoms with Gasteiger partial charge in [0.25, 0.3) is 11.8 Å². The molecular weight excluding hydrogens is 694 g/mol. The van der Waals surface area contributed by atoms with Gasteiger partial charge in [-0.1, -0.05) is 46.2 Å². The Morgan fingerprint density at radius 1 is 0.774 bits per heavy atom. The molecule has 13 heteroatoms. The fourth-order valence-electron chi connectivity index (χ4n) is 6.15. The van der Waals surface area contributed by atoms with E-state index in [1.165, 1.54) is 18.2 Å². The van der Waals surface area contributed by atoms with E-state index in [9.17, 15) is 5.26 Å². The number of halogens is 1. The summed E-state index contributed by atoms with van der Waals surface area (Å²) in [5, 5.41) is 24.7. The Bertz CT molecular complexity index is 2260. The second kappa shape index (κ2) is 16.3. The molecule has 2 aromatic heterocycles. The zero-order chi connectivity index (χ0) is 36.7. The van der Waals surface area contributed by atoms with Crippen LogP contribution in [0.1, 0.15) is 36.1 Å². The number of aromatic nitrogens is 4. The molecule has 0 fully saturated rings. The van der Waals surface area contributed by atoms with Gasteiger partial charge in [-0.3, -0.25) is 0 Å². The Morgan fingerprint density at radius 2 is 1.49 bits per heavy atom. The maximum absolute atomic E-state index is 9.24. The first-order chi connectivity index (χ1) is 25.9. The van der Waals surface area contributed by atoms with Crippen LogP contribution in [0.4, 0.5) is 0 Å². The number of hydrogen-bond acceptors (Lipinski definition) is 12. The summed E-state index contributed by atoms with van der Waals surface area (Å²) in [6.45, 7) is 8.05. The number of rotatable bonds is 7. The predicted octanol–water partition coefficient (Wildman–Crippen LogP) is 7.30. The molecule has 0 amide bonds. The molecule has 8 rings (SSSR count). The van der Waals surface area contributed by atoms with Gasteiger partial charge in [-0.25, -0.2) is 0 Å². The van der Waals surface area contributed by atoms with E-state index in [0.29, 0.717) is 57.7 Å². The van der Waals surface area contributed by atoms with Crippen molar-refractivity contribution in [3.8, 4) is 69.0 Å². The molecule has 53 heavy (non-hydrogen) atoms. The van der Waals surface area contributed by atoms with Gasteiger partial charge in [0, 0.05) is 35.3 Å². The van der Waals surface area contributed by atoms with E-state index >= 15 is 0 Å². The Morgan fingerprint density at radius 3 is 2.25 bits per heavy atom. The molecule has 4 aromatic carbocycles. The quantitative estimate of drug-likeness (QED) is 0.169. The maximum Gasteiger partial charge on any atom is 0.258 e. The average molecular weight is 732 g/mol. The molecule has 0 unspecified atom stereocenters. The summed E-state index contributed by atoms with van der Waals surface area (Å²) in [5.74, 6) is 3.77. The molecule has 2 aliphatic heterocycles. The third-order valence-electron chi connectivity index (χ3n) is 8.75. The summed E-state index contributed by atoms with van der Waals surface area (Å²) < 4.78 is 27.6. The number of fused-ring (bicyclic) bond motifs is 2. The highest BCUT2D eigenvalue weighted by molar-refractivity contribution is 6.32. The lowest BCUT2D eigenvalue weighted by Crippen LogP contribution is -2.16. The van der Waals surface area contributed by atoms with E-state index in [0.717, 1.165) is 67.0 Å². The van der Waals surface area contributed by atoms with Crippen LogP contribution in [-0.2, 0) is 19.4 Å². The van der Waals surface area contributed by atoms with E-state index in [2.05, 4.69) is 49.1 Å². The fourth-order valence-corrected chi connectivity index (χ4v) is 6.38. The monoisotopic (exact) mass is 731 g/mol. The minimum absolute atomic E-state index is 0.0474. The summed E-state index contributed by atoms with van der Waals surface area (Å²) in [7, 11) is 1.54. The third kappa shape index (κ3) is 8.18. The second-order valence-electron chi connectivity index (χ2n) is 12.7. The molecule has 2 aliphatic rings. The standard InChI is InChI=1S/C20H20ClN3O3.C20H18N4O2/c1-12(2)26-17-7-6-13(10-16(17)21)20-23-19(24-27-20)15-5-3-4-14-11-22-8-9-25-18(14)15;1-25-18-5-4-16(11-17(18)12-21)20-23-19(24-26-20)15-3-2-13-6-8-22-9-7-14(13)10-15/h3-7,10,12,22H,8-9,11H2,1-2H3;2-5,10-11,22H,6-9H2,1H3. The minimum atomic E-state index is 0.0474. The zero-order valence-corrected chi connectivity index (χ0v) is 30.4. The molecule has 0 radical (unpaired) electrons. The lowest BCUT2D eigenvalue weighted by atomic mass is 10.00. The maximum atomic E-state index is 9.24. The van der Waals surface area contributed by atoms with E-state index in [1.807, 2.05) is 50.2 Å². The molecule has 2 N–H and O–H groups in total. The lowest BCUT2D eigenvalue weighted by molar-refractivity contribution is 0.242. The van der Waals surface area contributed by atoms with Crippen molar-refractivity contribution in [2.24, 2.45) is 0 Å². The largest absolute Gasteiger partial charge is 0.495 e. The number of nitrogens with one attached hydrogen (secondary N) is 2. The topological polar surface area (TPSA) is 153 Å². The highest BCUT2D eigenvalue weighted by atomic mass is 35.5. The Kier molecular flexibility index (Phi) is 11.0. The molecule has 4 heterocycles. The molecular formula is C40H38ClN7O5. The normalized spacial score (nSPS) is 13.7. The number of hydrogen-bond donors (Lipinski definition) is 2. The van der Waals surface area contributed by atoms with Crippen molar-refractivity contribution in [3.63, 3.8) is 0 Å². The first kappa shape index (κ1) is 35.7. The zero-order valence-electron chi connectivity index (χ0n) is 29.6. The number of nitrogens with zero attached hydrogens (tertiary/aromatic N) is 5. The molecule has 270 valence electrons. The van der Waals surface area contributed by atoms with Crippen LogP contribution in [-0.4, -0.2) is 59.7 Å². The van der Waals surface area contributed by atoms with Crippen LogP contribution in [0.2, 0.25) is 5.02 Å². The summed E-state index contributed by atoms with van der Waals surface area (Å²) in [4.78, 5) is 9.05. The number of para-hydroxylation sites is 1. The Balaban J connectivity index is 0.000000164. The van der Waals surface area contributed by atoms with Crippen molar-refractivity contribution < 1.29 is 23.3 Å². The van der Waals surface area contributed by atoms with Gasteiger partial charge in [0.1, 0.15) is 29.9 Å². The first-order valence-corrected chi connectivity index (χ1v) is 17.8. The summed E-state index contributed by atoms with van der Waals surface area (Å²) in [6.07, 6.45) is 2.08. The molecule has 0 aliphatic carbocycles. The van der Waals surface area contributed by atoms with Crippen LogP contribution in [0.25, 0.3) is 45.7 Å². The summed E-state index contributed by atoms with van der Waals surface area (Å²) >= 11 is 6.32. The third-order valence-corrected chi connectivity index (χ3v) is 9.04. The van der Waals surface area contributed by atoms with E-state index < -0.39 is 0 Å². The smallest absolute Gasteiger partial charge is 0.258 e. The van der Waals surface area contributed by atoms with Crippen LogP contribution in [0.3, 0.4) is 0 Å². The number of ether oxygens (including phenoxy) is 3. The molecule has 6 aromatic rings. The second-order valence-corrected chi connectivity index (χ2v) is 13.1. The molecule has 0 spiro atoms. The van der Waals surface area contributed by atoms with Gasteiger partial charge in [-0.2, -0.15) is 15.2 Å². The fraction of sp³-hybridized carbons (Fsp3) is 0.275. The van der Waals surface area contributed by atoms with Crippen molar-refractivity contribution in [2.45, 2.75) is 39.3 Å². The van der Waals surface area contributed by atoms with Gasteiger partial charge >= 0.3 is 0 Å². The van der Waals surface area contributed by atoms with Crippen LogP contribution in [0.5, 0.6) is 17.2 Å². The Hall–Kier alpha value is -5.74. The van der Waals surface area contributed by atoms with Gasteiger partial charge in [0.15, 0.2) is 0 Å². The van der Waals surface area contributed by atoms with Gasteiger partial charge in [0.05, 0.1) is 29.4 Å². The molecule has 12 nitrogen and oxygen atoms in total. The first-order valence-electron chi connectivity index (χ1n) is 17.4. The molecule has 0 atom stereocenters. The van der Waals surface area contributed by atoms with Gasteiger partial charge in [0.2, 0.25) is 11.6 Å². The highest BCUT2D eigenvalue weighted by Gasteiger charge is 2.20. The minimum Gasteiger partial charge on any atom is -0.495 e. The summed E-state index contributed by atoms with van der Waals surface area (Å²) in [6, 6.07) is 25.0. The van der Waals surface area contributed by atoms with Crippen molar-refractivity contribution in [1.82, 2.24) is 30.9 Å². The van der Waals surface area contributed by atoms with E-state index in [4.69, 9.17) is 34.9 Å². The number of methoxy groups -OCH3 is 1. The number of nitriles is 1. The highest BCUT2D eigenvalue weighted by Crippen LogP contribution is 2.35. The van der Waals surface area contributed by atoms with Crippen molar-refractivity contribution >= 4 is 11.6 Å². The van der Waals surface area contributed by atoms with Crippen LogP contribution in [0.15, 0.2) is 81.8 Å². The van der Waals surface area contributed by atoms with Crippen molar-refractivity contribution in [2.75, 3.05) is 33.4 Å². The molecule has 0 saturated heterocycles. The average Bonchev–Trinajstić information content (AvgIpc) is 3.74. The Labute approximate surface area is 312 Å². The van der Waals surface area contributed by atoms with E-state index in [1.54, 1.807) is 24.3 Å². The van der Waals surface area contributed by atoms with Crippen molar-refractivity contribution in [3.05, 3.63) is 100 Å². The van der Waals surface area contributed by atoms with Gasteiger partial charge < -0.3 is 33.9 Å². The number of benzene rings is 4. The van der Waals surface area contributed by atoms with Crippen LogP contribution >= 0.6 is 11.6 Å². The summed E-state index contributed by atoms with van der Waals surface area (Å²) in [5.41, 5.74) is 7.40. The van der Waals surface area contributed by atoms with Gasteiger partial charge in [-0.05, 0) is 99.4 Å². The molecule has 0 saturated carbocycles. The van der Waals surface area contributed by atoms with Gasteiger partial charge in [-0.15, -0.1) is 0 Å². The van der Waals surface area contributed by atoms with Crippen LogP contribution < -0.4 is 24.8 Å². The van der Waals surface area contributed by atoms with E-state index in [-0.39, 0.29) is 6.10 Å².